The minimum Gasteiger partial charge on any atom is -0.493 e. The van der Waals surface area contributed by atoms with Gasteiger partial charge in [-0.2, -0.15) is 0 Å². The Kier molecular flexibility index (Phi) is 7.39. The van der Waals surface area contributed by atoms with Gasteiger partial charge in [0.1, 0.15) is 0 Å². The normalized spacial score (nSPS) is 18.8. The van der Waals surface area contributed by atoms with E-state index in [9.17, 15) is 4.79 Å². The molecule has 28 heavy (non-hydrogen) atoms. The molecule has 0 atom stereocenters. The monoisotopic (exact) mass is 392 g/mol. The zero-order chi connectivity index (χ0) is 19.9. The molecule has 0 saturated carbocycles. The van der Waals surface area contributed by atoms with E-state index in [-0.39, 0.29) is 5.91 Å². The molecule has 7 heteroatoms. The zero-order valence-electron chi connectivity index (χ0n) is 17.2. The molecule has 0 unspecified atom stereocenters. The van der Waals surface area contributed by atoms with E-state index in [1.807, 2.05) is 17.0 Å². The van der Waals surface area contributed by atoms with Gasteiger partial charge >= 0.3 is 0 Å². The van der Waals surface area contributed by atoms with Crippen LogP contribution in [0, 0.1) is 5.92 Å². The van der Waals surface area contributed by atoms with E-state index >= 15 is 0 Å². The molecule has 0 spiro atoms. The number of rotatable bonds is 7. The number of benzene rings is 1. The maximum Gasteiger partial charge on any atom is 0.226 e. The maximum absolute atomic E-state index is 12.8. The van der Waals surface area contributed by atoms with Crippen LogP contribution < -0.4 is 14.2 Å². The summed E-state index contributed by atoms with van der Waals surface area (Å²) in [6, 6.07) is 3.70. The van der Waals surface area contributed by atoms with Crippen LogP contribution in [0.15, 0.2) is 12.1 Å². The number of ether oxygens (including phenoxy) is 4. The molecule has 2 aliphatic rings. The Bertz CT molecular complexity index is 627. The lowest BCUT2D eigenvalue weighted by atomic mass is 9.95. The van der Waals surface area contributed by atoms with Crippen molar-refractivity contribution in [2.75, 3.05) is 67.3 Å². The van der Waals surface area contributed by atoms with Crippen LogP contribution in [-0.4, -0.2) is 83.0 Å². The Labute approximate surface area is 167 Å². The van der Waals surface area contributed by atoms with Crippen molar-refractivity contribution < 1.29 is 23.7 Å². The van der Waals surface area contributed by atoms with Gasteiger partial charge in [0.05, 0.1) is 41.0 Å². The number of hydrogen-bond acceptors (Lipinski definition) is 6. The van der Waals surface area contributed by atoms with Gasteiger partial charge in [0.2, 0.25) is 11.7 Å². The van der Waals surface area contributed by atoms with Crippen molar-refractivity contribution in [1.29, 1.82) is 0 Å². The van der Waals surface area contributed by atoms with Crippen molar-refractivity contribution in [2.24, 2.45) is 5.92 Å². The van der Waals surface area contributed by atoms with Crippen LogP contribution >= 0.6 is 0 Å². The zero-order valence-corrected chi connectivity index (χ0v) is 17.2. The van der Waals surface area contributed by atoms with Crippen molar-refractivity contribution in [3.63, 3.8) is 0 Å². The van der Waals surface area contributed by atoms with Crippen molar-refractivity contribution in [2.45, 2.75) is 19.3 Å². The molecule has 2 saturated heterocycles. The highest BCUT2D eigenvalue weighted by atomic mass is 16.5. The van der Waals surface area contributed by atoms with Gasteiger partial charge in [-0.05, 0) is 36.5 Å². The summed E-state index contributed by atoms with van der Waals surface area (Å²) in [7, 11) is 4.75. The van der Waals surface area contributed by atoms with Gasteiger partial charge in [-0.1, -0.05) is 0 Å². The van der Waals surface area contributed by atoms with Crippen LogP contribution in [0.25, 0.3) is 0 Å². The largest absolute Gasteiger partial charge is 0.493 e. The van der Waals surface area contributed by atoms with Gasteiger partial charge in [-0.3, -0.25) is 9.69 Å². The van der Waals surface area contributed by atoms with E-state index in [2.05, 4.69) is 4.90 Å². The summed E-state index contributed by atoms with van der Waals surface area (Å²) in [5, 5.41) is 0. The topological polar surface area (TPSA) is 60.5 Å². The lowest BCUT2D eigenvalue weighted by molar-refractivity contribution is -0.132. The van der Waals surface area contributed by atoms with E-state index in [1.54, 1.807) is 21.3 Å². The van der Waals surface area contributed by atoms with E-state index < -0.39 is 0 Å². The highest BCUT2D eigenvalue weighted by Gasteiger charge is 2.25. The number of methoxy groups -OCH3 is 3. The van der Waals surface area contributed by atoms with Crippen molar-refractivity contribution in [1.82, 2.24) is 9.80 Å². The molecule has 1 amide bonds. The Balaban J connectivity index is 1.54. The highest BCUT2D eigenvalue weighted by molar-refractivity contribution is 5.79. The second-order valence-corrected chi connectivity index (χ2v) is 7.45. The SMILES string of the molecule is COc1cc(CC(=O)N2CCC(CN3CCOCC3)CC2)cc(OC)c1OC. The predicted octanol–water partition coefficient (Wildman–Crippen LogP) is 1.83. The number of nitrogens with zero attached hydrogens (tertiary/aromatic N) is 2. The molecule has 3 rings (SSSR count). The third-order valence-electron chi connectivity index (χ3n) is 5.67. The number of amides is 1. The molecule has 2 aliphatic heterocycles. The second-order valence-electron chi connectivity index (χ2n) is 7.45. The number of carbonyl (C=O) groups is 1. The molecule has 0 aromatic heterocycles. The molecule has 0 bridgehead atoms. The Morgan fingerprint density at radius 2 is 1.61 bits per heavy atom. The van der Waals surface area contributed by atoms with Crippen molar-refractivity contribution in [3.8, 4) is 17.2 Å². The number of piperidine rings is 1. The van der Waals surface area contributed by atoms with Gasteiger partial charge in [0.15, 0.2) is 11.5 Å². The van der Waals surface area contributed by atoms with E-state index in [1.165, 1.54) is 0 Å². The Hall–Kier alpha value is -1.99. The van der Waals surface area contributed by atoms with Crippen LogP contribution in [0.4, 0.5) is 0 Å². The lowest BCUT2D eigenvalue weighted by Gasteiger charge is -2.36. The smallest absolute Gasteiger partial charge is 0.226 e. The molecule has 0 aliphatic carbocycles. The summed E-state index contributed by atoms with van der Waals surface area (Å²) in [4.78, 5) is 17.3. The molecule has 2 fully saturated rings. The Morgan fingerprint density at radius 1 is 1.00 bits per heavy atom. The molecule has 0 N–H and O–H groups in total. The van der Waals surface area contributed by atoms with Gasteiger partial charge < -0.3 is 23.8 Å². The first-order valence-electron chi connectivity index (χ1n) is 10.0. The summed E-state index contributed by atoms with van der Waals surface area (Å²) >= 11 is 0. The first-order chi connectivity index (χ1) is 13.6. The minimum atomic E-state index is 0.152. The summed E-state index contributed by atoms with van der Waals surface area (Å²) in [6.45, 7) is 6.52. The Morgan fingerprint density at radius 3 is 2.14 bits per heavy atom. The molecule has 1 aromatic carbocycles. The van der Waals surface area contributed by atoms with Crippen LogP contribution in [0.5, 0.6) is 17.2 Å². The number of hydrogen-bond donors (Lipinski definition) is 0. The summed E-state index contributed by atoms with van der Waals surface area (Å²) in [6.07, 6.45) is 2.47. The second kappa shape index (κ2) is 9.98. The van der Waals surface area contributed by atoms with Crippen molar-refractivity contribution in [3.05, 3.63) is 17.7 Å². The molecule has 2 heterocycles. The lowest BCUT2D eigenvalue weighted by Crippen LogP contribution is -2.44. The van der Waals surface area contributed by atoms with Gasteiger partial charge in [-0.25, -0.2) is 0 Å². The molecular formula is C21H32N2O5. The molecule has 1 aromatic rings. The van der Waals surface area contributed by atoms with Crippen LogP contribution in [0.2, 0.25) is 0 Å². The number of carbonyl (C=O) groups excluding carboxylic acids is 1. The van der Waals surface area contributed by atoms with E-state index in [0.29, 0.717) is 29.6 Å². The van der Waals surface area contributed by atoms with Crippen LogP contribution in [0.3, 0.4) is 0 Å². The maximum atomic E-state index is 12.8. The van der Waals surface area contributed by atoms with Crippen LogP contribution in [-0.2, 0) is 16.0 Å². The fraction of sp³-hybridized carbons (Fsp3) is 0.667. The standard InChI is InChI=1S/C21H32N2O5/c1-25-18-12-17(13-19(26-2)21(18)27-3)14-20(24)23-6-4-16(5-7-23)15-22-8-10-28-11-9-22/h12-13,16H,4-11,14-15H2,1-3H3. The molecule has 0 radical (unpaired) electrons. The van der Waals surface area contributed by atoms with Gasteiger partial charge in [-0.15, -0.1) is 0 Å². The molecule has 156 valence electrons. The number of likely N-dealkylation sites (tertiary alicyclic amines) is 1. The quantitative estimate of drug-likeness (QED) is 0.706. The third kappa shape index (κ3) is 5.08. The third-order valence-corrected chi connectivity index (χ3v) is 5.67. The molecule has 7 nitrogen and oxygen atoms in total. The van der Waals surface area contributed by atoms with Crippen LogP contribution in [0.1, 0.15) is 18.4 Å². The van der Waals surface area contributed by atoms with E-state index in [4.69, 9.17) is 18.9 Å². The summed E-state index contributed by atoms with van der Waals surface area (Å²) in [5.74, 6) is 2.52. The average molecular weight is 392 g/mol. The highest BCUT2D eigenvalue weighted by Crippen LogP contribution is 2.38. The van der Waals surface area contributed by atoms with Crippen molar-refractivity contribution >= 4 is 5.91 Å². The summed E-state index contributed by atoms with van der Waals surface area (Å²) in [5.41, 5.74) is 0.870. The first kappa shape index (κ1) is 20.7. The minimum absolute atomic E-state index is 0.152. The fourth-order valence-electron chi connectivity index (χ4n) is 4.04. The predicted molar refractivity (Wildman–Crippen MR) is 106 cm³/mol. The summed E-state index contributed by atoms with van der Waals surface area (Å²) < 4.78 is 21.6. The van der Waals surface area contributed by atoms with Gasteiger partial charge in [0, 0.05) is 32.7 Å². The molecular weight excluding hydrogens is 360 g/mol. The van der Waals surface area contributed by atoms with Gasteiger partial charge in [0.25, 0.3) is 0 Å². The number of morpholine rings is 1. The fourth-order valence-corrected chi connectivity index (χ4v) is 4.04. The first-order valence-corrected chi connectivity index (χ1v) is 10.0. The van der Waals surface area contributed by atoms with E-state index in [0.717, 1.165) is 64.3 Å². The average Bonchev–Trinajstić information content (AvgIpc) is 2.74.